The van der Waals surface area contributed by atoms with Crippen LogP contribution in [-0.4, -0.2) is 0 Å². The van der Waals surface area contributed by atoms with E-state index in [9.17, 15) is 22.0 Å². The summed E-state index contributed by atoms with van der Waals surface area (Å²) in [5, 5.41) is 3.26. The lowest BCUT2D eigenvalue weighted by atomic mass is 9.88. The highest BCUT2D eigenvalue weighted by Gasteiger charge is 2.28. The highest BCUT2D eigenvalue weighted by molar-refractivity contribution is 6.31. The van der Waals surface area contributed by atoms with Crippen molar-refractivity contribution >= 4 is 11.6 Å². The monoisotopic (exact) mass is 442 g/mol. The molecule has 0 amide bonds. The Labute approximate surface area is 178 Å². The van der Waals surface area contributed by atoms with Crippen LogP contribution in [0.5, 0.6) is 0 Å². The van der Waals surface area contributed by atoms with Crippen LogP contribution in [0.2, 0.25) is 5.02 Å². The molecule has 0 atom stereocenters. The Morgan fingerprint density at radius 1 is 0.613 bits per heavy atom. The smallest absolute Gasteiger partial charge is 0.200 e. The Morgan fingerprint density at radius 2 is 1.13 bits per heavy atom. The van der Waals surface area contributed by atoms with Gasteiger partial charge in [0.2, 0.25) is 5.82 Å². The molecule has 0 saturated heterocycles. The number of benzene rings is 4. The standard InChI is InChI=1S/C25H12ClF5/c1-11-10-12(8-9-17(11)26)13-4-2-5-14-15-6-3-7-16(19(15)18(13)14)20-21(27)23(29)25(31)24(30)22(20)28/h2-10H,1H3. The number of hydrogen-bond donors (Lipinski definition) is 0. The fraction of sp³-hybridized carbons (Fsp3) is 0.0400. The number of aryl methyl sites for hydroxylation is 1. The average Bonchev–Trinajstić information content (AvgIpc) is 2.76. The first-order valence-electron chi connectivity index (χ1n) is 9.36. The SMILES string of the molecule is Cc1cc(-c2cccc3c2=c2c(-c4c(F)c(F)c(F)c(F)c4F)cccc2=3)ccc1Cl. The molecule has 6 heteroatoms. The van der Waals surface area contributed by atoms with E-state index in [4.69, 9.17) is 11.6 Å². The molecule has 4 aromatic carbocycles. The van der Waals surface area contributed by atoms with Gasteiger partial charge in [0.1, 0.15) is 0 Å². The Kier molecular flexibility index (Phi) is 4.41. The van der Waals surface area contributed by atoms with E-state index in [0.29, 0.717) is 20.7 Å². The molecule has 0 N–H and O–H groups in total. The molecule has 1 aliphatic rings. The van der Waals surface area contributed by atoms with Crippen molar-refractivity contribution in [3.8, 4) is 22.3 Å². The second-order valence-corrected chi connectivity index (χ2v) is 7.77. The summed E-state index contributed by atoms with van der Waals surface area (Å²) in [5.41, 5.74) is 1.49. The maximum Gasteiger partial charge on any atom is 0.200 e. The van der Waals surface area contributed by atoms with Crippen LogP contribution in [0.4, 0.5) is 22.0 Å². The Hall–Kier alpha value is -3.18. The maximum absolute atomic E-state index is 14.6. The summed E-state index contributed by atoms with van der Waals surface area (Å²) >= 11 is 6.13. The molecule has 5 rings (SSSR count). The predicted molar refractivity (Wildman–Crippen MR) is 109 cm³/mol. The zero-order valence-electron chi connectivity index (χ0n) is 16.0. The lowest BCUT2D eigenvalue weighted by Crippen LogP contribution is -2.06. The van der Waals surface area contributed by atoms with Crippen molar-refractivity contribution < 1.29 is 22.0 Å². The molecule has 31 heavy (non-hydrogen) atoms. The van der Waals surface area contributed by atoms with E-state index in [1.807, 2.05) is 37.3 Å². The van der Waals surface area contributed by atoms with Gasteiger partial charge in [0.05, 0.1) is 5.56 Å². The van der Waals surface area contributed by atoms with Crippen molar-refractivity contribution in [2.45, 2.75) is 6.92 Å². The molecule has 0 heterocycles. The number of rotatable bonds is 2. The van der Waals surface area contributed by atoms with Crippen molar-refractivity contribution in [1.29, 1.82) is 0 Å². The van der Waals surface area contributed by atoms with Gasteiger partial charge >= 0.3 is 0 Å². The maximum atomic E-state index is 14.6. The lowest BCUT2D eigenvalue weighted by Gasteiger charge is -2.16. The van der Waals surface area contributed by atoms with E-state index >= 15 is 0 Å². The third-order valence-electron chi connectivity index (χ3n) is 5.62. The first kappa shape index (κ1) is 19.8. The molecule has 0 bridgehead atoms. The summed E-state index contributed by atoms with van der Waals surface area (Å²) in [7, 11) is 0. The van der Waals surface area contributed by atoms with Crippen LogP contribution in [-0.2, 0) is 0 Å². The Morgan fingerprint density at radius 3 is 1.71 bits per heavy atom. The molecule has 0 aliphatic heterocycles. The van der Waals surface area contributed by atoms with Gasteiger partial charge in [0.15, 0.2) is 23.3 Å². The molecule has 0 radical (unpaired) electrons. The lowest BCUT2D eigenvalue weighted by molar-refractivity contribution is 0.381. The fourth-order valence-electron chi connectivity index (χ4n) is 4.13. The van der Waals surface area contributed by atoms with Crippen molar-refractivity contribution in [3.63, 3.8) is 0 Å². The molecule has 0 fully saturated rings. The van der Waals surface area contributed by atoms with Gasteiger partial charge in [-0.1, -0.05) is 54.1 Å². The minimum atomic E-state index is -2.17. The zero-order valence-corrected chi connectivity index (χ0v) is 16.7. The zero-order chi connectivity index (χ0) is 22.0. The second kappa shape index (κ2) is 6.92. The molecule has 0 nitrogen and oxygen atoms in total. The molecule has 0 aromatic heterocycles. The van der Waals surface area contributed by atoms with Gasteiger partial charge < -0.3 is 0 Å². The Balaban J connectivity index is 1.93. The van der Waals surface area contributed by atoms with Gasteiger partial charge in [-0.15, -0.1) is 0 Å². The van der Waals surface area contributed by atoms with Gasteiger partial charge in [0.25, 0.3) is 0 Å². The summed E-state index contributed by atoms with van der Waals surface area (Å²) in [4.78, 5) is 0. The van der Waals surface area contributed by atoms with Gasteiger partial charge in [-0.2, -0.15) is 0 Å². The number of fused-ring (bicyclic) bond motifs is 2. The Bertz CT molecular complexity index is 1580. The predicted octanol–water partition coefficient (Wildman–Crippen LogP) is 7.57. The minimum Gasteiger partial charge on any atom is -0.203 e. The average molecular weight is 443 g/mol. The van der Waals surface area contributed by atoms with Crippen LogP contribution >= 0.6 is 11.6 Å². The normalized spacial score (nSPS) is 11.7. The molecule has 154 valence electrons. The number of hydrogen-bond acceptors (Lipinski definition) is 0. The molecule has 0 spiro atoms. The van der Waals surface area contributed by atoms with Crippen molar-refractivity contribution in [2.75, 3.05) is 0 Å². The summed E-state index contributed by atoms with van der Waals surface area (Å²) in [5.74, 6) is -9.80. The van der Waals surface area contributed by atoms with Gasteiger partial charge in [-0.3, -0.25) is 0 Å². The fourth-order valence-corrected chi connectivity index (χ4v) is 4.25. The molecule has 0 unspecified atom stereocenters. The van der Waals surface area contributed by atoms with Crippen molar-refractivity contribution in [3.05, 3.63) is 115 Å². The minimum absolute atomic E-state index is 0.0454. The van der Waals surface area contributed by atoms with E-state index in [2.05, 4.69) is 0 Å². The summed E-state index contributed by atoms with van der Waals surface area (Å²) in [6.45, 7) is 1.86. The molecular weight excluding hydrogens is 431 g/mol. The van der Waals surface area contributed by atoms with Gasteiger partial charge in [0, 0.05) is 5.02 Å². The first-order valence-corrected chi connectivity index (χ1v) is 9.74. The summed E-state index contributed by atoms with van der Waals surface area (Å²) in [6.07, 6.45) is 0. The quantitative estimate of drug-likeness (QED) is 0.150. The van der Waals surface area contributed by atoms with E-state index in [-0.39, 0.29) is 5.56 Å². The van der Waals surface area contributed by atoms with Crippen LogP contribution in [0.15, 0.2) is 54.6 Å². The summed E-state index contributed by atoms with van der Waals surface area (Å²) < 4.78 is 70.5. The van der Waals surface area contributed by atoms with Crippen LogP contribution in [0.1, 0.15) is 5.56 Å². The van der Waals surface area contributed by atoms with Gasteiger partial charge in [-0.25, -0.2) is 22.0 Å². The van der Waals surface area contributed by atoms with Crippen molar-refractivity contribution in [2.24, 2.45) is 0 Å². The largest absolute Gasteiger partial charge is 0.203 e. The molecule has 4 aromatic rings. The van der Waals surface area contributed by atoms with Crippen molar-refractivity contribution in [1.82, 2.24) is 0 Å². The summed E-state index contributed by atoms with van der Waals surface area (Å²) in [6, 6.07) is 15.7. The molecule has 1 aliphatic carbocycles. The van der Waals surface area contributed by atoms with E-state index in [1.54, 1.807) is 12.1 Å². The first-order chi connectivity index (χ1) is 14.8. The highest BCUT2D eigenvalue weighted by atomic mass is 35.5. The van der Waals surface area contributed by atoms with Crippen LogP contribution in [0.3, 0.4) is 0 Å². The van der Waals surface area contributed by atoms with Crippen LogP contribution < -0.4 is 0 Å². The van der Waals surface area contributed by atoms with Crippen LogP contribution in [0.25, 0.3) is 22.3 Å². The van der Waals surface area contributed by atoms with E-state index in [0.717, 1.165) is 21.9 Å². The third kappa shape index (κ3) is 2.73. The number of halogens is 6. The van der Waals surface area contributed by atoms with E-state index < -0.39 is 34.6 Å². The topological polar surface area (TPSA) is 0 Å². The second-order valence-electron chi connectivity index (χ2n) is 7.37. The van der Waals surface area contributed by atoms with E-state index in [1.165, 1.54) is 12.1 Å². The highest BCUT2D eigenvalue weighted by Crippen LogP contribution is 2.36. The molecule has 0 saturated carbocycles. The molecular formula is C25H12ClF5. The van der Waals surface area contributed by atoms with Crippen LogP contribution in [0, 0.1) is 56.9 Å². The third-order valence-corrected chi connectivity index (χ3v) is 6.04. The van der Waals surface area contributed by atoms with Gasteiger partial charge in [-0.05, 0) is 62.2 Å².